The van der Waals surface area contributed by atoms with E-state index in [9.17, 15) is 0 Å². The van der Waals surface area contributed by atoms with Crippen molar-refractivity contribution in [1.82, 2.24) is 9.80 Å². The van der Waals surface area contributed by atoms with Gasteiger partial charge < -0.3 is 9.80 Å². The van der Waals surface area contributed by atoms with Gasteiger partial charge in [-0.2, -0.15) is 0 Å². The van der Waals surface area contributed by atoms with Crippen LogP contribution in [0.25, 0.3) is 0 Å². The summed E-state index contributed by atoms with van der Waals surface area (Å²) in [4.78, 5) is 5.04. The minimum atomic E-state index is 0.763. The average Bonchev–Trinajstić information content (AvgIpc) is 2.05. The van der Waals surface area contributed by atoms with E-state index in [1.165, 1.54) is 26.2 Å². The Kier molecular flexibility index (Phi) is 3.53. The first-order valence-corrected chi connectivity index (χ1v) is 5.07. The van der Waals surface area contributed by atoms with Crippen molar-refractivity contribution in [2.75, 3.05) is 33.2 Å². The molecule has 1 atom stereocenters. The molecule has 2 nitrogen and oxygen atoms in total. The van der Waals surface area contributed by atoms with E-state index in [0.717, 1.165) is 12.0 Å². The van der Waals surface area contributed by atoms with Crippen LogP contribution in [0.2, 0.25) is 0 Å². The highest BCUT2D eigenvalue weighted by atomic mass is 15.3. The summed E-state index contributed by atoms with van der Waals surface area (Å²) in [6.07, 6.45) is 0. The third-order valence-corrected chi connectivity index (χ3v) is 3.00. The second-order valence-electron chi connectivity index (χ2n) is 4.19. The number of hydrogen-bond acceptors (Lipinski definition) is 2. The summed E-state index contributed by atoms with van der Waals surface area (Å²) in [5.41, 5.74) is 0. The summed E-state index contributed by atoms with van der Waals surface area (Å²) in [5.74, 6) is 0.782. The van der Waals surface area contributed by atoms with Crippen LogP contribution in [0.4, 0.5) is 0 Å². The zero-order valence-electron chi connectivity index (χ0n) is 8.88. The van der Waals surface area contributed by atoms with Crippen molar-refractivity contribution in [2.24, 2.45) is 5.92 Å². The standard InChI is InChI=1S/C10H22N2/c1-5-12-7-6-11(4)10(8-12)9(2)3/h9-10H,5-8H2,1-4H3. The summed E-state index contributed by atoms with van der Waals surface area (Å²) >= 11 is 0. The maximum Gasteiger partial charge on any atom is 0.0243 e. The highest BCUT2D eigenvalue weighted by Gasteiger charge is 2.25. The van der Waals surface area contributed by atoms with Gasteiger partial charge >= 0.3 is 0 Å². The molecule has 0 saturated carbocycles. The highest BCUT2D eigenvalue weighted by molar-refractivity contribution is 4.81. The van der Waals surface area contributed by atoms with Crippen molar-refractivity contribution in [3.8, 4) is 0 Å². The van der Waals surface area contributed by atoms with E-state index in [4.69, 9.17) is 0 Å². The normalized spacial score (nSPS) is 28.2. The molecule has 1 aliphatic heterocycles. The molecule has 1 saturated heterocycles. The summed E-state index contributed by atoms with van der Waals surface area (Å²) in [5, 5.41) is 0. The lowest BCUT2D eigenvalue weighted by atomic mass is 10.0. The number of rotatable bonds is 2. The molecule has 0 bridgehead atoms. The minimum absolute atomic E-state index is 0.763. The maximum absolute atomic E-state index is 2.55. The fourth-order valence-electron chi connectivity index (χ4n) is 1.97. The second kappa shape index (κ2) is 4.24. The molecule has 0 radical (unpaired) electrons. The topological polar surface area (TPSA) is 6.48 Å². The number of piperazine rings is 1. The minimum Gasteiger partial charge on any atom is -0.301 e. The monoisotopic (exact) mass is 170 g/mol. The Labute approximate surface area is 76.5 Å². The average molecular weight is 170 g/mol. The molecule has 0 aromatic carbocycles. The van der Waals surface area contributed by atoms with Crippen molar-refractivity contribution in [1.29, 1.82) is 0 Å². The smallest absolute Gasteiger partial charge is 0.0243 e. The SMILES string of the molecule is CCN1CCN(C)C(C(C)C)C1. The van der Waals surface area contributed by atoms with Crippen LogP contribution in [0.1, 0.15) is 20.8 Å². The quantitative estimate of drug-likeness (QED) is 0.616. The van der Waals surface area contributed by atoms with Gasteiger partial charge in [0.05, 0.1) is 0 Å². The molecular weight excluding hydrogens is 148 g/mol. The fourth-order valence-corrected chi connectivity index (χ4v) is 1.97. The van der Waals surface area contributed by atoms with E-state index >= 15 is 0 Å². The molecular formula is C10H22N2. The van der Waals surface area contributed by atoms with Gasteiger partial charge in [0.15, 0.2) is 0 Å². The van der Waals surface area contributed by atoms with E-state index in [1.807, 2.05) is 0 Å². The zero-order chi connectivity index (χ0) is 9.14. The van der Waals surface area contributed by atoms with Crippen LogP contribution in [0.5, 0.6) is 0 Å². The zero-order valence-corrected chi connectivity index (χ0v) is 8.88. The first-order chi connectivity index (χ1) is 5.65. The van der Waals surface area contributed by atoms with E-state index in [1.54, 1.807) is 0 Å². The maximum atomic E-state index is 2.55. The number of hydrogen-bond donors (Lipinski definition) is 0. The largest absolute Gasteiger partial charge is 0.301 e. The van der Waals surface area contributed by atoms with Gasteiger partial charge in [-0.3, -0.25) is 0 Å². The van der Waals surface area contributed by atoms with Crippen molar-refractivity contribution >= 4 is 0 Å². The van der Waals surface area contributed by atoms with Gasteiger partial charge in [-0.1, -0.05) is 20.8 Å². The molecule has 0 amide bonds. The van der Waals surface area contributed by atoms with Crippen molar-refractivity contribution < 1.29 is 0 Å². The Balaban J connectivity index is 2.47. The van der Waals surface area contributed by atoms with E-state index in [2.05, 4.69) is 37.6 Å². The fraction of sp³-hybridized carbons (Fsp3) is 1.00. The Morgan fingerprint density at radius 2 is 2.00 bits per heavy atom. The van der Waals surface area contributed by atoms with Crippen LogP contribution in [0.3, 0.4) is 0 Å². The molecule has 0 aromatic heterocycles. The van der Waals surface area contributed by atoms with Gasteiger partial charge in [-0.15, -0.1) is 0 Å². The Hall–Kier alpha value is -0.0800. The van der Waals surface area contributed by atoms with Gasteiger partial charge in [-0.25, -0.2) is 0 Å². The summed E-state index contributed by atoms with van der Waals surface area (Å²) in [6, 6.07) is 0.763. The molecule has 0 spiro atoms. The van der Waals surface area contributed by atoms with Crippen LogP contribution in [0, 0.1) is 5.92 Å². The van der Waals surface area contributed by atoms with Crippen molar-refractivity contribution in [2.45, 2.75) is 26.8 Å². The summed E-state index contributed by atoms with van der Waals surface area (Å²) < 4.78 is 0. The van der Waals surface area contributed by atoms with Gasteiger partial charge in [0, 0.05) is 25.7 Å². The van der Waals surface area contributed by atoms with Crippen LogP contribution >= 0.6 is 0 Å². The van der Waals surface area contributed by atoms with E-state index in [-0.39, 0.29) is 0 Å². The van der Waals surface area contributed by atoms with E-state index in [0.29, 0.717) is 0 Å². The second-order valence-corrected chi connectivity index (χ2v) is 4.19. The summed E-state index contributed by atoms with van der Waals surface area (Å²) in [6.45, 7) is 11.8. The molecule has 2 heteroatoms. The van der Waals surface area contributed by atoms with Gasteiger partial charge in [0.2, 0.25) is 0 Å². The molecule has 72 valence electrons. The third kappa shape index (κ3) is 2.20. The molecule has 1 fully saturated rings. The Bertz CT molecular complexity index is 134. The van der Waals surface area contributed by atoms with Crippen LogP contribution in [-0.4, -0.2) is 49.1 Å². The predicted octanol–water partition coefficient (Wildman–Crippen LogP) is 1.28. The number of nitrogens with zero attached hydrogens (tertiary/aromatic N) is 2. The molecule has 0 aromatic rings. The molecule has 1 rings (SSSR count). The Morgan fingerprint density at radius 3 is 2.50 bits per heavy atom. The number of likely N-dealkylation sites (N-methyl/N-ethyl adjacent to an activating group) is 2. The molecule has 12 heavy (non-hydrogen) atoms. The van der Waals surface area contributed by atoms with Gasteiger partial charge in [-0.05, 0) is 19.5 Å². The Morgan fingerprint density at radius 1 is 1.33 bits per heavy atom. The highest BCUT2D eigenvalue weighted by Crippen LogP contribution is 2.14. The van der Waals surface area contributed by atoms with Crippen LogP contribution in [-0.2, 0) is 0 Å². The first kappa shape index (κ1) is 10.0. The lowest BCUT2D eigenvalue weighted by Crippen LogP contribution is -2.53. The lowest BCUT2D eigenvalue weighted by Gasteiger charge is -2.41. The molecule has 1 unspecified atom stereocenters. The predicted molar refractivity (Wildman–Crippen MR) is 53.4 cm³/mol. The van der Waals surface area contributed by atoms with Gasteiger partial charge in [0.1, 0.15) is 0 Å². The molecule has 1 aliphatic rings. The van der Waals surface area contributed by atoms with Gasteiger partial charge in [0.25, 0.3) is 0 Å². The summed E-state index contributed by atoms with van der Waals surface area (Å²) in [7, 11) is 2.25. The molecule has 1 heterocycles. The van der Waals surface area contributed by atoms with Crippen molar-refractivity contribution in [3.63, 3.8) is 0 Å². The molecule has 0 N–H and O–H groups in total. The van der Waals surface area contributed by atoms with Crippen LogP contribution < -0.4 is 0 Å². The lowest BCUT2D eigenvalue weighted by molar-refractivity contribution is 0.0734. The third-order valence-electron chi connectivity index (χ3n) is 3.00. The molecule has 0 aliphatic carbocycles. The van der Waals surface area contributed by atoms with E-state index < -0.39 is 0 Å². The van der Waals surface area contributed by atoms with Crippen LogP contribution in [0.15, 0.2) is 0 Å². The first-order valence-electron chi connectivity index (χ1n) is 5.07. The van der Waals surface area contributed by atoms with Crippen molar-refractivity contribution in [3.05, 3.63) is 0 Å².